The Morgan fingerprint density at radius 1 is 1.45 bits per heavy atom. The Kier molecular flexibility index (Phi) is 5.05. The Labute approximate surface area is 103 Å². The molecule has 0 spiro atoms. The van der Waals surface area contributed by atoms with Crippen LogP contribution in [0.4, 0.5) is 0 Å². The molecule has 0 fully saturated rings. The number of nitrogens with one attached hydrogen (secondary N) is 1. The standard InChI is InChI=1S/C9H10N.Ac/c1-7-4-3-5-9(6-7)8(2)10;/h3-6,10H,2H2,1H3;/q-1;. The van der Waals surface area contributed by atoms with Crippen molar-refractivity contribution < 1.29 is 44.1 Å². The number of benzene rings is 1. The first-order valence-corrected chi connectivity index (χ1v) is 3.17. The molecule has 0 saturated carbocycles. The van der Waals surface area contributed by atoms with E-state index in [4.69, 9.17) is 5.73 Å². The van der Waals surface area contributed by atoms with Gasteiger partial charge in [-0.05, 0) is 12.5 Å². The van der Waals surface area contributed by atoms with E-state index in [1.165, 1.54) is 5.56 Å². The third-order valence-corrected chi connectivity index (χ3v) is 1.37. The maximum absolute atomic E-state index is 7.22. The fraction of sp³-hybridized carbons (Fsp3) is 0.111. The van der Waals surface area contributed by atoms with Gasteiger partial charge in [0.15, 0.2) is 0 Å². The minimum absolute atomic E-state index is 0. The summed E-state index contributed by atoms with van der Waals surface area (Å²) < 4.78 is 0. The second-order valence-corrected chi connectivity index (χ2v) is 2.35. The Hall–Kier alpha value is 0.202. The molecule has 0 aliphatic carbocycles. The summed E-state index contributed by atoms with van der Waals surface area (Å²) in [5, 5.41) is 0. The van der Waals surface area contributed by atoms with Crippen molar-refractivity contribution in [3.63, 3.8) is 0 Å². The van der Waals surface area contributed by atoms with Gasteiger partial charge in [0.2, 0.25) is 0 Å². The summed E-state index contributed by atoms with van der Waals surface area (Å²) in [7, 11) is 0. The van der Waals surface area contributed by atoms with Gasteiger partial charge < -0.3 is 5.73 Å². The van der Waals surface area contributed by atoms with Crippen molar-refractivity contribution in [2.45, 2.75) is 6.92 Å². The van der Waals surface area contributed by atoms with Crippen molar-refractivity contribution in [1.29, 1.82) is 0 Å². The van der Waals surface area contributed by atoms with Gasteiger partial charge in [-0.25, -0.2) is 0 Å². The average Bonchev–Trinajstić information content (AvgIpc) is 1.88. The zero-order valence-corrected chi connectivity index (χ0v) is 11.3. The second-order valence-electron chi connectivity index (χ2n) is 2.35. The Morgan fingerprint density at radius 3 is 2.45 bits per heavy atom. The summed E-state index contributed by atoms with van der Waals surface area (Å²) >= 11 is 0. The number of aryl methyl sites for hydroxylation is 1. The normalized spacial score (nSPS) is 8.45. The van der Waals surface area contributed by atoms with E-state index in [0.717, 1.165) is 5.56 Å². The maximum atomic E-state index is 7.22. The van der Waals surface area contributed by atoms with Gasteiger partial charge in [0.25, 0.3) is 0 Å². The summed E-state index contributed by atoms with van der Waals surface area (Å²) in [5.74, 6) is 0. The Morgan fingerprint density at radius 2 is 2.09 bits per heavy atom. The first-order valence-electron chi connectivity index (χ1n) is 3.17. The molecule has 1 aromatic rings. The monoisotopic (exact) mass is 359 g/mol. The predicted molar refractivity (Wildman–Crippen MR) is 44.5 cm³/mol. The quantitative estimate of drug-likeness (QED) is 0.736. The molecule has 0 aliphatic rings. The van der Waals surface area contributed by atoms with Crippen molar-refractivity contribution in [2.75, 3.05) is 0 Å². The van der Waals surface area contributed by atoms with Crippen LogP contribution in [0.3, 0.4) is 0 Å². The van der Waals surface area contributed by atoms with Gasteiger partial charge in [0.1, 0.15) is 0 Å². The van der Waals surface area contributed by atoms with Crippen LogP contribution >= 0.6 is 0 Å². The van der Waals surface area contributed by atoms with Crippen molar-refractivity contribution in [1.82, 2.24) is 0 Å². The predicted octanol–water partition coefficient (Wildman–Crippen LogP) is 3.02. The number of hydrogen-bond acceptors (Lipinski definition) is 0. The smallest absolute Gasteiger partial charge is 0 e. The zero-order chi connectivity index (χ0) is 7.56. The van der Waals surface area contributed by atoms with Gasteiger partial charge in [-0.15, -0.1) is 12.3 Å². The molecular formula is C9H10AcN-. The van der Waals surface area contributed by atoms with Gasteiger partial charge in [0.05, 0.1) is 0 Å². The number of rotatable bonds is 1. The van der Waals surface area contributed by atoms with Crippen molar-refractivity contribution in [3.8, 4) is 0 Å². The molecule has 55 valence electrons. The van der Waals surface area contributed by atoms with Crippen molar-refractivity contribution in [2.24, 2.45) is 0 Å². The largest absolute Gasteiger partial charge is 0.699 e. The molecule has 11 heavy (non-hydrogen) atoms. The molecule has 1 aromatic carbocycles. The molecule has 1 rings (SSSR count). The van der Waals surface area contributed by atoms with Gasteiger partial charge in [-0.2, -0.15) is 0 Å². The molecule has 0 saturated heterocycles. The molecule has 0 unspecified atom stereocenters. The molecule has 0 aromatic heterocycles. The van der Waals surface area contributed by atoms with Gasteiger partial charge in [-0.1, -0.05) is 29.8 Å². The molecule has 1 nitrogen and oxygen atoms in total. The van der Waals surface area contributed by atoms with E-state index in [2.05, 4.69) is 6.58 Å². The fourth-order valence-electron chi connectivity index (χ4n) is 0.833. The van der Waals surface area contributed by atoms with Gasteiger partial charge >= 0.3 is 0 Å². The second kappa shape index (κ2) is 4.96. The third kappa shape index (κ3) is 3.40. The molecular weight excluding hydrogens is 349 g/mol. The SMILES string of the molecule is C=C([NH-])c1cccc(C)c1.[Ac]. The minimum atomic E-state index is 0. The van der Waals surface area contributed by atoms with E-state index < -0.39 is 0 Å². The van der Waals surface area contributed by atoms with Crippen LogP contribution in [-0.2, 0) is 0 Å². The summed E-state index contributed by atoms with van der Waals surface area (Å²) in [6.45, 7) is 5.54. The molecule has 0 heterocycles. The Bertz CT molecular complexity index is 255. The van der Waals surface area contributed by atoms with E-state index >= 15 is 0 Å². The van der Waals surface area contributed by atoms with Gasteiger partial charge in [-0.3, -0.25) is 0 Å². The molecule has 1 N–H and O–H groups in total. The first-order chi connectivity index (χ1) is 4.70. The van der Waals surface area contributed by atoms with Crippen LogP contribution in [0.15, 0.2) is 30.8 Å². The van der Waals surface area contributed by atoms with Crippen LogP contribution < -0.4 is 0 Å². The van der Waals surface area contributed by atoms with Crippen molar-refractivity contribution in [3.05, 3.63) is 47.7 Å². The molecule has 0 aliphatic heterocycles. The summed E-state index contributed by atoms with van der Waals surface area (Å²) in [4.78, 5) is 0. The van der Waals surface area contributed by atoms with Crippen LogP contribution in [0.1, 0.15) is 11.1 Å². The summed E-state index contributed by atoms with van der Waals surface area (Å²) in [6, 6.07) is 7.79. The van der Waals surface area contributed by atoms with E-state index in [9.17, 15) is 0 Å². The van der Waals surface area contributed by atoms with Crippen molar-refractivity contribution >= 4 is 5.70 Å². The summed E-state index contributed by atoms with van der Waals surface area (Å²) in [6.07, 6.45) is 0. The van der Waals surface area contributed by atoms with Gasteiger partial charge in [0, 0.05) is 44.1 Å². The molecule has 0 amide bonds. The molecule has 2 heteroatoms. The zero-order valence-electron chi connectivity index (χ0n) is 6.59. The molecule has 1 radical (unpaired) electrons. The van der Waals surface area contributed by atoms with Crippen LogP contribution in [0.25, 0.3) is 11.4 Å². The van der Waals surface area contributed by atoms with Crippen LogP contribution in [0, 0.1) is 51.0 Å². The minimum Gasteiger partial charge on any atom is -0.699 e. The molecule has 0 bridgehead atoms. The topological polar surface area (TPSA) is 23.8 Å². The Balaban J connectivity index is 0.000001000. The third-order valence-electron chi connectivity index (χ3n) is 1.37. The van der Waals surface area contributed by atoms with E-state index in [0.29, 0.717) is 5.70 Å². The molecule has 0 atom stereocenters. The number of hydrogen-bond donors (Lipinski definition) is 0. The van der Waals surface area contributed by atoms with E-state index in [1.54, 1.807) is 0 Å². The van der Waals surface area contributed by atoms with Crippen LogP contribution in [-0.4, -0.2) is 0 Å². The first kappa shape index (κ1) is 11.2. The summed E-state index contributed by atoms with van der Waals surface area (Å²) in [5.41, 5.74) is 9.67. The maximum Gasteiger partial charge on any atom is 0 e. The average molecular weight is 359 g/mol. The van der Waals surface area contributed by atoms with Crippen LogP contribution in [0.2, 0.25) is 0 Å². The fourth-order valence-corrected chi connectivity index (χ4v) is 0.833. The van der Waals surface area contributed by atoms with E-state index in [1.807, 2.05) is 31.2 Å². The van der Waals surface area contributed by atoms with E-state index in [-0.39, 0.29) is 44.1 Å². The van der Waals surface area contributed by atoms with Crippen LogP contribution in [0.5, 0.6) is 0 Å².